The van der Waals surface area contributed by atoms with Crippen LogP contribution in [0.4, 0.5) is 0 Å². The molecule has 4 N–H and O–H groups in total. The highest BCUT2D eigenvalue weighted by Gasteiger charge is 2.23. The Bertz CT molecular complexity index is 1540. The lowest BCUT2D eigenvalue weighted by Gasteiger charge is -2.14. The van der Waals surface area contributed by atoms with Gasteiger partial charge in [-0.25, -0.2) is 4.98 Å². The minimum Gasteiger partial charge on any atom is -0.354 e. The summed E-state index contributed by atoms with van der Waals surface area (Å²) >= 11 is 0. The van der Waals surface area contributed by atoms with Gasteiger partial charge in [-0.2, -0.15) is 0 Å². The Balaban J connectivity index is 1.47. The van der Waals surface area contributed by atoms with E-state index in [1.807, 2.05) is 48.5 Å². The molecule has 0 spiro atoms. The van der Waals surface area contributed by atoms with E-state index in [4.69, 9.17) is 9.97 Å². The van der Waals surface area contributed by atoms with Crippen molar-refractivity contribution in [2.75, 3.05) is 0 Å². The zero-order valence-electron chi connectivity index (χ0n) is 19.9. The number of nitrogens with zero attached hydrogens (tertiary/aromatic N) is 2. The molecule has 5 nitrogen and oxygen atoms in total. The first-order chi connectivity index (χ1) is 17.7. The maximum Gasteiger partial charge on any atom is 0.251 e. The van der Waals surface area contributed by atoms with E-state index < -0.39 is 0 Å². The van der Waals surface area contributed by atoms with Crippen LogP contribution in [0.15, 0.2) is 97.2 Å². The topological polar surface area (TPSA) is 82.5 Å². The molecule has 0 bridgehead atoms. The Hall–Kier alpha value is -4.35. The maximum absolute atomic E-state index is 12.4. The van der Waals surface area contributed by atoms with E-state index in [2.05, 4.69) is 53.5 Å². The van der Waals surface area contributed by atoms with E-state index in [-0.39, 0.29) is 5.91 Å². The number of pyridine rings is 2. The van der Waals surface area contributed by atoms with Gasteiger partial charge in [0.05, 0.1) is 23.4 Å². The lowest BCUT2D eigenvalue weighted by atomic mass is 9.95. The Morgan fingerprint density at radius 1 is 0.833 bits per heavy atom. The van der Waals surface area contributed by atoms with E-state index in [1.54, 1.807) is 6.20 Å². The molecule has 0 radical (unpaired) electrons. The van der Waals surface area contributed by atoms with Crippen molar-refractivity contribution in [2.45, 2.75) is 25.4 Å². The molecule has 0 saturated heterocycles. The first-order valence-corrected chi connectivity index (χ1v) is 12.3. The fourth-order valence-corrected chi connectivity index (χ4v) is 4.49. The minimum absolute atomic E-state index is 0.0162. The van der Waals surface area contributed by atoms with Crippen molar-refractivity contribution >= 4 is 16.8 Å². The number of carbonyl (C=O) groups excluding carboxylic acids is 1. The zero-order valence-corrected chi connectivity index (χ0v) is 19.9. The first-order valence-electron chi connectivity index (χ1n) is 12.3. The molecule has 1 saturated carbocycles. The lowest BCUT2D eigenvalue weighted by molar-refractivity contribution is -0.386. The first kappa shape index (κ1) is 22.1. The van der Waals surface area contributed by atoms with Crippen LogP contribution in [0.2, 0.25) is 0 Å². The summed E-state index contributed by atoms with van der Waals surface area (Å²) in [4.78, 5) is 22.3. The molecule has 1 aliphatic rings. The Morgan fingerprint density at radius 2 is 1.53 bits per heavy atom. The predicted octanol–water partition coefficient (Wildman–Crippen LogP) is 5.26. The largest absolute Gasteiger partial charge is 0.354 e. The maximum atomic E-state index is 12.4. The molecule has 0 atom stereocenters. The Labute approximate surface area is 210 Å². The molecule has 3 aromatic carbocycles. The van der Waals surface area contributed by atoms with Gasteiger partial charge in [-0.3, -0.25) is 9.78 Å². The van der Waals surface area contributed by atoms with Crippen LogP contribution in [-0.2, 0) is 6.54 Å². The molecular weight excluding hydrogens is 444 g/mol. The van der Waals surface area contributed by atoms with Crippen LogP contribution in [0.1, 0.15) is 28.8 Å². The number of quaternary nitrogens is 1. The summed E-state index contributed by atoms with van der Waals surface area (Å²) in [6.45, 7) is 0.757. The molecule has 5 aromatic rings. The van der Waals surface area contributed by atoms with Crippen LogP contribution < -0.4 is 11.1 Å². The number of hydrogen-bond donors (Lipinski definition) is 2. The number of amides is 1. The van der Waals surface area contributed by atoms with E-state index >= 15 is 0 Å². The molecule has 2 aromatic heterocycles. The van der Waals surface area contributed by atoms with Crippen LogP contribution >= 0.6 is 0 Å². The fourth-order valence-electron chi connectivity index (χ4n) is 4.49. The van der Waals surface area contributed by atoms with Gasteiger partial charge in [-0.15, -0.1) is 0 Å². The van der Waals surface area contributed by atoms with Gasteiger partial charge < -0.3 is 11.1 Å². The number of benzene rings is 3. The normalized spacial score (nSPS) is 13.0. The molecule has 0 aliphatic heterocycles. The number of hydrogen-bond acceptors (Lipinski definition) is 3. The molecule has 36 heavy (non-hydrogen) atoms. The molecule has 5 heteroatoms. The summed E-state index contributed by atoms with van der Waals surface area (Å²) in [6, 6.07) is 31.0. The second-order valence-corrected chi connectivity index (χ2v) is 9.25. The highest BCUT2D eigenvalue weighted by Crippen LogP contribution is 2.36. The highest BCUT2D eigenvalue weighted by atomic mass is 16.1. The molecule has 0 unspecified atom stereocenters. The molecule has 2 heterocycles. The monoisotopic (exact) mass is 471 g/mol. The van der Waals surface area contributed by atoms with Gasteiger partial charge in [-0.1, -0.05) is 66.7 Å². The Morgan fingerprint density at radius 3 is 2.22 bits per heavy atom. The predicted molar refractivity (Wildman–Crippen MR) is 143 cm³/mol. The zero-order chi connectivity index (χ0) is 24.5. The van der Waals surface area contributed by atoms with Crippen molar-refractivity contribution in [3.63, 3.8) is 0 Å². The van der Waals surface area contributed by atoms with Crippen LogP contribution in [0, 0.1) is 0 Å². The third kappa shape index (κ3) is 4.37. The van der Waals surface area contributed by atoms with E-state index in [0.29, 0.717) is 11.6 Å². The van der Waals surface area contributed by atoms with Gasteiger partial charge in [0, 0.05) is 45.4 Å². The van der Waals surface area contributed by atoms with E-state index in [0.717, 1.165) is 63.9 Å². The van der Waals surface area contributed by atoms with Crippen molar-refractivity contribution in [1.29, 1.82) is 0 Å². The molecule has 1 fully saturated rings. The summed E-state index contributed by atoms with van der Waals surface area (Å²) in [5.74, 6) is -0.0162. The van der Waals surface area contributed by atoms with Gasteiger partial charge in [0.25, 0.3) is 5.91 Å². The number of nitrogens with one attached hydrogen (secondary N) is 1. The lowest BCUT2D eigenvalue weighted by Crippen LogP contribution is -2.47. The van der Waals surface area contributed by atoms with Crippen LogP contribution in [0.5, 0.6) is 0 Å². The van der Waals surface area contributed by atoms with Crippen molar-refractivity contribution in [1.82, 2.24) is 15.3 Å². The average Bonchev–Trinajstić information content (AvgIpc) is 3.76. The fraction of sp³-hybridized carbons (Fsp3) is 0.129. The standard InChI is InChI=1S/C31H26N4O/c32-19-20-6-8-23(9-7-20)30-26(21-4-2-1-3-5-21)18-27-28(35-30)16-17-33-29(27)22-10-12-24(13-11-22)31(36)34-25-14-15-25/h1-13,16-18,25H,14-15,19,32H2,(H,34,36)/p+1. The summed E-state index contributed by atoms with van der Waals surface area (Å²) in [5.41, 5.74) is 12.7. The van der Waals surface area contributed by atoms with Gasteiger partial charge >= 0.3 is 0 Å². The van der Waals surface area contributed by atoms with Gasteiger partial charge in [0.1, 0.15) is 0 Å². The molecular formula is C31H27N4O+. The number of carbonyl (C=O) groups is 1. The van der Waals surface area contributed by atoms with Crippen LogP contribution in [0.25, 0.3) is 44.5 Å². The van der Waals surface area contributed by atoms with Crippen molar-refractivity contribution in [3.05, 3.63) is 108 Å². The average molecular weight is 472 g/mol. The number of aromatic nitrogens is 2. The third-order valence-electron chi connectivity index (χ3n) is 6.68. The van der Waals surface area contributed by atoms with Gasteiger partial charge in [0.15, 0.2) is 0 Å². The van der Waals surface area contributed by atoms with Crippen molar-refractivity contribution < 1.29 is 10.5 Å². The number of rotatable bonds is 6. The van der Waals surface area contributed by atoms with Crippen molar-refractivity contribution in [3.8, 4) is 33.6 Å². The van der Waals surface area contributed by atoms with E-state index in [1.165, 1.54) is 5.56 Å². The third-order valence-corrected chi connectivity index (χ3v) is 6.68. The van der Waals surface area contributed by atoms with E-state index in [9.17, 15) is 4.79 Å². The van der Waals surface area contributed by atoms with Crippen LogP contribution in [-0.4, -0.2) is 21.9 Å². The highest BCUT2D eigenvalue weighted by molar-refractivity contribution is 5.99. The summed E-state index contributed by atoms with van der Waals surface area (Å²) < 4.78 is 0. The molecule has 1 amide bonds. The number of fused-ring (bicyclic) bond motifs is 1. The minimum atomic E-state index is -0.0162. The Kier molecular flexibility index (Phi) is 5.76. The van der Waals surface area contributed by atoms with Gasteiger partial charge in [0.2, 0.25) is 0 Å². The molecule has 6 rings (SSSR count). The second kappa shape index (κ2) is 9.36. The van der Waals surface area contributed by atoms with Gasteiger partial charge in [-0.05, 0) is 42.7 Å². The smallest absolute Gasteiger partial charge is 0.251 e. The SMILES string of the molecule is [NH3+]Cc1ccc(-c2nc3ccnc(-c4ccc(C(=O)NC5CC5)cc4)c3cc2-c2ccccc2)cc1. The van der Waals surface area contributed by atoms with Crippen LogP contribution in [0.3, 0.4) is 0 Å². The summed E-state index contributed by atoms with van der Waals surface area (Å²) in [5, 5.41) is 4.02. The molecule has 1 aliphatic carbocycles. The molecule has 176 valence electrons. The van der Waals surface area contributed by atoms with Crippen molar-refractivity contribution in [2.24, 2.45) is 0 Å². The summed E-state index contributed by atoms with van der Waals surface area (Å²) in [6.07, 6.45) is 3.95. The summed E-state index contributed by atoms with van der Waals surface area (Å²) in [7, 11) is 0. The quantitative estimate of drug-likeness (QED) is 0.354. The second-order valence-electron chi connectivity index (χ2n) is 9.25.